The summed E-state index contributed by atoms with van der Waals surface area (Å²) in [5, 5.41) is 6.64. The van der Waals surface area contributed by atoms with Crippen LogP contribution in [0.4, 0.5) is 0 Å². The summed E-state index contributed by atoms with van der Waals surface area (Å²) in [4.78, 5) is 16.4. The van der Waals surface area contributed by atoms with Crippen LogP contribution in [0.15, 0.2) is 23.2 Å². The first-order valence-electron chi connectivity index (χ1n) is 7.89. The van der Waals surface area contributed by atoms with Crippen LogP contribution in [0, 0.1) is 5.92 Å². The van der Waals surface area contributed by atoms with Crippen LogP contribution in [0.25, 0.3) is 0 Å². The maximum Gasteiger partial charge on any atom is 0.341 e. The molecule has 0 aliphatic heterocycles. The fraction of sp³-hybridized carbons (Fsp3) is 0.529. The molecule has 7 heteroatoms. The van der Waals surface area contributed by atoms with E-state index >= 15 is 0 Å². The van der Waals surface area contributed by atoms with Gasteiger partial charge in [-0.05, 0) is 37.0 Å². The first-order chi connectivity index (χ1) is 11.1. The van der Waals surface area contributed by atoms with E-state index in [1.807, 2.05) is 13.0 Å². The lowest BCUT2D eigenvalue weighted by atomic mass is 10.1. The summed E-state index contributed by atoms with van der Waals surface area (Å²) in [7, 11) is 2.89. The molecule has 0 saturated heterocycles. The topological polar surface area (TPSA) is 72.0 Å². The third kappa shape index (κ3) is 5.54. The molecule has 0 heterocycles. The lowest BCUT2D eigenvalue weighted by Crippen LogP contribution is -2.39. The van der Waals surface area contributed by atoms with E-state index in [1.54, 1.807) is 12.1 Å². The first-order valence-corrected chi connectivity index (χ1v) is 7.89. The predicted octanol–water partition coefficient (Wildman–Crippen LogP) is 2.56. The van der Waals surface area contributed by atoms with Gasteiger partial charge in [-0.15, -0.1) is 24.0 Å². The molecule has 1 aliphatic carbocycles. The van der Waals surface area contributed by atoms with Crippen molar-refractivity contribution in [1.82, 2.24) is 10.6 Å². The van der Waals surface area contributed by atoms with Crippen LogP contribution >= 0.6 is 24.0 Å². The third-order valence-corrected chi connectivity index (χ3v) is 3.86. The highest BCUT2D eigenvalue weighted by Crippen LogP contribution is 2.28. The number of aliphatic imine (C=N–C) groups is 1. The number of esters is 1. The largest absolute Gasteiger partial charge is 0.496 e. The molecule has 0 aromatic heterocycles. The summed E-state index contributed by atoms with van der Waals surface area (Å²) < 4.78 is 9.99. The Balaban J connectivity index is 0.00000288. The van der Waals surface area contributed by atoms with Gasteiger partial charge in [0.2, 0.25) is 0 Å². The highest BCUT2D eigenvalue weighted by molar-refractivity contribution is 14.0. The van der Waals surface area contributed by atoms with Gasteiger partial charge >= 0.3 is 5.97 Å². The fourth-order valence-electron chi connectivity index (χ4n) is 2.31. The molecule has 1 aromatic carbocycles. The Morgan fingerprint density at radius 3 is 2.62 bits per heavy atom. The van der Waals surface area contributed by atoms with E-state index in [-0.39, 0.29) is 24.0 Å². The van der Waals surface area contributed by atoms with Gasteiger partial charge in [-0.25, -0.2) is 9.79 Å². The van der Waals surface area contributed by atoms with Gasteiger partial charge in [-0.2, -0.15) is 0 Å². The van der Waals surface area contributed by atoms with Gasteiger partial charge in [0.15, 0.2) is 5.96 Å². The molecule has 0 amide bonds. The SMILES string of the molecule is CCNC(=NCc1ccc(OC)c(C(=O)OC)c1)NC1CC1C.I. The second kappa shape index (κ2) is 9.71. The molecule has 2 rings (SSSR count). The number of carbonyl (C=O) groups is 1. The number of hydrogen-bond acceptors (Lipinski definition) is 4. The van der Waals surface area contributed by atoms with Crippen molar-refractivity contribution in [3.05, 3.63) is 29.3 Å². The van der Waals surface area contributed by atoms with Crippen molar-refractivity contribution in [3.63, 3.8) is 0 Å². The Morgan fingerprint density at radius 2 is 2.08 bits per heavy atom. The van der Waals surface area contributed by atoms with Gasteiger partial charge in [0.1, 0.15) is 11.3 Å². The van der Waals surface area contributed by atoms with Crippen LogP contribution in [0.5, 0.6) is 5.75 Å². The number of ether oxygens (including phenoxy) is 2. The number of halogens is 1. The number of hydrogen-bond donors (Lipinski definition) is 2. The van der Waals surface area contributed by atoms with Crippen molar-refractivity contribution < 1.29 is 14.3 Å². The Bertz CT molecular complexity index is 592. The number of nitrogens with zero attached hydrogens (tertiary/aromatic N) is 1. The highest BCUT2D eigenvalue weighted by atomic mass is 127. The second-order valence-corrected chi connectivity index (χ2v) is 5.69. The third-order valence-electron chi connectivity index (χ3n) is 3.86. The summed E-state index contributed by atoms with van der Waals surface area (Å²) in [6.45, 7) is 5.54. The lowest BCUT2D eigenvalue weighted by Gasteiger charge is -2.11. The second-order valence-electron chi connectivity index (χ2n) is 5.69. The summed E-state index contributed by atoms with van der Waals surface area (Å²) in [6.07, 6.45) is 1.18. The van der Waals surface area contributed by atoms with Crippen molar-refractivity contribution >= 4 is 35.9 Å². The molecule has 24 heavy (non-hydrogen) atoms. The molecule has 2 atom stereocenters. The molecule has 0 spiro atoms. The molecule has 6 nitrogen and oxygen atoms in total. The van der Waals surface area contributed by atoms with Gasteiger partial charge in [-0.1, -0.05) is 13.0 Å². The summed E-state index contributed by atoms with van der Waals surface area (Å²) >= 11 is 0. The summed E-state index contributed by atoms with van der Waals surface area (Å²) in [5.74, 6) is 1.59. The van der Waals surface area contributed by atoms with Crippen LogP contribution in [-0.4, -0.2) is 38.7 Å². The number of guanidine groups is 1. The summed E-state index contributed by atoms with van der Waals surface area (Å²) in [5.41, 5.74) is 1.34. The van der Waals surface area contributed by atoms with E-state index in [1.165, 1.54) is 20.6 Å². The molecule has 2 N–H and O–H groups in total. The van der Waals surface area contributed by atoms with Gasteiger partial charge in [0.05, 0.1) is 20.8 Å². The van der Waals surface area contributed by atoms with Crippen LogP contribution in [0.2, 0.25) is 0 Å². The van der Waals surface area contributed by atoms with Crippen molar-refractivity contribution in [1.29, 1.82) is 0 Å². The quantitative estimate of drug-likeness (QED) is 0.304. The molecule has 1 fully saturated rings. The minimum atomic E-state index is -0.412. The van der Waals surface area contributed by atoms with Crippen LogP contribution in [-0.2, 0) is 11.3 Å². The lowest BCUT2D eigenvalue weighted by molar-refractivity contribution is 0.0597. The van der Waals surface area contributed by atoms with E-state index in [4.69, 9.17) is 9.47 Å². The average Bonchev–Trinajstić information content (AvgIpc) is 3.26. The van der Waals surface area contributed by atoms with Crippen molar-refractivity contribution in [2.45, 2.75) is 32.9 Å². The standard InChI is InChI=1S/C17H25N3O3.HI/c1-5-18-17(20-14-8-11(14)2)19-10-12-6-7-15(22-3)13(9-12)16(21)23-4;/h6-7,9,11,14H,5,8,10H2,1-4H3,(H2,18,19,20);1H. The fourth-order valence-corrected chi connectivity index (χ4v) is 2.31. The van der Waals surface area contributed by atoms with Crippen molar-refractivity contribution in [2.24, 2.45) is 10.9 Å². The molecule has 1 saturated carbocycles. The minimum Gasteiger partial charge on any atom is -0.496 e. The normalized spacial score (nSPS) is 19.1. The smallest absolute Gasteiger partial charge is 0.341 e. The van der Waals surface area contributed by atoms with E-state index in [0.29, 0.717) is 29.8 Å². The monoisotopic (exact) mass is 447 g/mol. The zero-order valence-corrected chi connectivity index (χ0v) is 16.9. The van der Waals surface area contributed by atoms with Gasteiger partial charge in [0, 0.05) is 12.6 Å². The van der Waals surface area contributed by atoms with Gasteiger partial charge < -0.3 is 20.1 Å². The highest BCUT2D eigenvalue weighted by Gasteiger charge is 2.33. The Labute approximate surface area is 160 Å². The molecule has 0 radical (unpaired) electrons. The summed E-state index contributed by atoms with van der Waals surface area (Å²) in [6, 6.07) is 5.94. The van der Waals surface area contributed by atoms with Crippen LogP contribution in [0.3, 0.4) is 0 Å². The average molecular weight is 447 g/mol. The molecular weight excluding hydrogens is 421 g/mol. The van der Waals surface area contributed by atoms with Crippen molar-refractivity contribution in [3.8, 4) is 5.75 Å². The molecular formula is C17H26IN3O3. The van der Waals surface area contributed by atoms with E-state index < -0.39 is 5.97 Å². The van der Waals surface area contributed by atoms with Gasteiger partial charge in [0.25, 0.3) is 0 Å². The van der Waals surface area contributed by atoms with Crippen LogP contribution < -0.4 is 15.4 Å². The zero-order valence-electron chi connectivity index (χ0n) is 14.6. The van der Waals surface area contributed by atoms with Gasteiger partial charge in [-0.3, -0.25) is 0 Å². The molecule has 134 valence electrons. The Hall–Kier alpha value is -1.51. The van der Waals surface area contributed by atoms with E-state index in [0.717, 1.165) is 18.1 Å². The van der Waals surface area contributed by atoms with E-state index in [9.17, 15) is 4.79 Å². The van der Waals surface area contributed by atoms with Crippen molar-refractivity contribution in [2.75, 3.05) is 20.8 Å². The number of rotatable bonds is 6. The Kier molecular flexibility index (Phi) is 8.30. The molecule has 1 aromatic rings. The predicted molar refractivity (Wildman–Crippen MR) is 105 cm³/mol. The number of benzene rings is 1. The minimum absolute atomic E-state index is 0. The van der Waals surface area contributed by atoms with E-state index in [2.05, 4.69) is 22.5 Å². The maximum absolute atomic E-state index is 11.8. The number of nitrogens with one attached hydrogen (secondary N) is 2. The number of methoxy groups -OCH3 is 2. The maximum atomic E-state index is 11.8. The Morgan fingerprint density at radius 1 is 1.38 bits per heavy atom. The first kappa shape index (κ1) is 20.5. The molecule has 1 aliphatic rings. The molecule has 2 unspecified atom stereocenters. The molecule has 0 bridgehead atoms. The zero-order chi connectivity index (χ0) is 16.8. The number of carbonyl (C=O) groups excluding carboxylic acids is 1. The van der Waals surface area contributed by atoms with Crippen LogP contribution in [0.1, 0.15) is 36.2 Å².